The van der Waals surface area contributed by atoms with E-state index in [2.05, 4.69) is 10.6 Å². The fourth-order valence-electron chi connectivity index (χ4n) is 3.49. The molecule has 0 aliphatic carbocycles. The first kappa shape index (κ1) is 27.6. The summed E-state index contributed by atoms with van der Waals surface area (Å²) in [4.78, 5) is 47.8. The first-order valence-corrected chi connectivity index (χ1v) is 11.1. The molecule has 0 saturated heterocycles. The average Bonchev–Trinajstić information content (AvgIpc) is 2.82. The summed E-state index contributed by atoms with van der Waals surface area (Å²) in [5.74, 6) is -3.96. The average molecular weight is 507 g/mol. The lowest BCUT2D eigenvalue weighted by Crippen LogP contribution is -2.35. The molecule has 1 amide bonds. The van der Waals surface area contributed by atoms with Crippen molar-refractivity contribution in [3.63, 3.8) is 0 Å². The van der Waals surface area contributed by atoms with Gasteiger partial charge >= 0.3 is 17.9 Å². The Morgan fingerprint density at radius 3 is 2.49 bits per heavy atom. The van der Waals surface area contributed by atoms with Crippen molar-refractivity contribution >= 4 is 35.4 Å². The van der Waals surface area contributed by atoms with Crippen LogP contribution in [-0.2, 0) is 33.4 Å². The van der Waals surface area contributed by atoms with Crippen LogP contribution in [-0.4, -0.2) is 62.4 Å². The molecule has 3 N–H and O–H groups in total. The summed E-state index contributed by atoms with van der Waals surface area (Å²) in [6.45, 7) is 3.55. The van der Waals surface area contributed by atoms with Crippen molar-refractivity contribution in [2.45, 2.75) is 19.8 Å². The number of hydrogen-bond donors (Lipinski definition) is 3. The van der Waals surface area contributed by atoms with Gasteiger partial charge in [-0.1, -0.05) is 29.8 Å². The number of amides is 1. The fourth-order valence-corrected chi connectivity index (χ4v) is 3.73. The van der Waals surface area contributed by atoms with Crippen LogP contribution in [0.2, 0.25) is 5.02 Å². The van der Waals surface area contributed by atoms with Gasteiger partial charge in [0.25, 0.3) is 0 Å². The van der Waals surface area contributed by atoms with Crippen molar-refractivity contribution in [3.8, 4) is 0 Å². The lowest BCUT2D eigenvalue weighted by Gasteiger charge is -2.31. The molecule has 35 heavy (non-hydrogen) atoms. The van der Waals surface area contributed by atoms with E-state index in [0.29, 0.717) is 22.0 Å². The van der Waals surface area contributed by atoms with Crippen LogP contribution in [0.5, 0.6) is 0 Å². The van der Waals surface area contributed by atoms with E-state index in [0.717, 1.165) is 12.2 Å². The van der Waals surface area contributed by atoms with Gasteiger partial charge < -0.3 is 30.0 Å². The molecule has 188 valence electrons. The second kappa shape index (κ2) is 13.3. The van der Waals surface area contributed by atoms with Crippen molar-refractivity contribution in [2.24, 2.45) is 0 Å². The third-order valence-corrected chi connectivity index (χ3v) is 5.28. The summed E-state index contributed by atoms with van der Waals surface area (Å²) in [5, 5.41) is 14.4. The molecule has 0 radical (unpaired) electrons. The van der Waals surface area contributed by atoms with E-state index < -0.39 is 29.7 Å². The minimum absolute atomic E-state index is 0.0668. The van der Waals surface area contributed by atoms with E-state index in [9.17, 15) is 19.2 Å². The standard InChI is InChI=1S/C24H27ClN2O8/c1-4-35-24(32)22-17(13-34-12-11-26-18(28)9-10-19(29)30)27-14(2)20(23(31)33-3)21(22)15-7-5-6-8-16(15)25/h5-10,21,27H,4,11-13H2,1-3H3,(H,26,28)(H,29,30)/b10-9-. The number of hydrogen-bond acceptors (Lipinski definition) is 8. The number of carbonyl (C=O) groups is 4. The number of ether oxygens (including phenoxy) is 3. The summed E-state index contributed by atoms with van der Waals surface area (Å²) in [5.41, 5.74) is 1.72. The molecule has 1 heterocycles. The molecular formula is C24H27ClN2O8. The summed E-state index contributed by atoms with van der Waals surface area (Å²) >= 11 is 6.45. The third-order valence-electron chi connectivity index (χ3n) is 4.93. The molecule has 0 fully saturated rings. The molecular weight excluding hydrogens is 480 g/mol. The SMILES string of the molecule is CCOC(=O)C1=C(COCCNC(=O)/C=C\C(=O)O)NC(C)=C(C(=O)OC)C1c1ccccc1Cl. The van der Waals surface area contributed by atoms with E-state index in [1.807, 2.05) is 0 Å². The Bertz CT molecular complexity index is 1080. The normalized spacial score (nSPS) is 15.6. The van der Waals surface area contributed by atoms with Gasteiger partial charge in [-0.15, -0.1) is 0 Å². The summed E-state index contributed by atoms with van der Waals surface area (Å²) in [6, 6.07) is 6.85. The lowest BCUT2D eigenvalue weighted by atomic mass is 9.80. The van der Waals surface area contributed by atoms with Gasteiger partial charge in [0.05, 0.1) is 49.7 Å². The number of halogens is 1. The van der Waals surface area contributed by atoms with Crippen molar-refractivity contribution in [1.29, 1.82) is 0 Å². The van der Waals surface area contributed by atoms with Gasteiger partial charge in [0.2, 0.25) is 5.91 Å². The van der Waals surface area contributed by atoms with Gasteiger partial charge in [-0.05, 0) is 25.5 Å². The fraction of sp³-hybridized carbons (Fsp3) is 0.333. The largest absolute Gasteiger partial charge is 0.478 e. The number of nitrogens with one attached hydrogen (secondary N) is 2. The van der Waals surface area contributed by atoms with Crippen molar-refractivity contribution in [3.05, 3.63) is 69.5 Å². The molecule has 0 saturated carbocycles. The quantitative estimate of drug-likeness (QED) is 0.233. The number of rotatable bonds is 11. The Balaban J connectivity index is 2.34. The predicted molar refractivity (Wildman–Crippen MR) is 126 cm³/mol. The summed E-state index contributed by atoms with van der Waals surface area (Å²) < 4.78 is 15.9. The molecule has 0 bridgehead atoms. The lowest BCUT2D eigenvalue weighted by molar-refractivity contribution is -0.139. The van der Waals surface area contributed by atoms with Gasteiger partial charge in [-0.25, -0.2) is 14.4 Å². The topological polar surface area (TPSA) is 140 Å². The minimum Gasteiger partial charge on any atom is -0.478 e. The number of allylic oxidation sites excluding steroid dienone is 1. The maximum absolute atomic E-state index is 13.1. The molecule has 1 unspecified atom stereocenters. The maximum atomic E-state index is 13.1. The molecule has 1 atom stereocenters. The van der Waals surface area contributed by atoms with Crippen LogP contribution in [0.1, 0.15) is 25.3 Å². The van der Waals surface area contributed by atoms with Gasteiger partial charge in [0.15, 0.2) is 0 Å². The Hall–Kier alpha value is -3.63. The van der Waals surface area contributed by atoms with E-state index in [1.165, 1.54) is 7.11 Å². The van der Waals surface area contributed by atoms with Crippen LogP contribution in [0.3, 0.4) is 0 Å². The van der Waals surface area contributed by atoms with E-state index in [4.69, 9.17) is 30.9 Å². The predicted octanol–water partition coefficient (Wildman–Crippen LogP) is 2.06. The Morgan fingerprint density at radius 1 is 1.14 bits per heavy atom. The number of benzene rings is 1. The van der Waals surface area contributed by atoms with Crippen LogP contribution in [0.4, 0.5) is 0 Å². The number of carboxylic acids is 1. The van der Waals surface area contributed by atoms with Crippen LogP contribution in [0.25, 0.3) is 0 Å². The number of aliphatic carboxylic acids is 1. The number of esters is 2. The monoisotopic (exact) mass is 506 g/mol. The van der Waals surface area contributed by atoms with Crippen LogP contribution in [0, 0.1) is 0 Å². The van der Waals surface area contributed by atoms with Crippen LogP contribution < -0.4 is 10.6 Å². The molecule has 1 aliphatic heterocycles. The Morgan fingerprint density at radius 2 is 1.86 bits per heavy atom. The molecule has 11 heteroatoms. The van der Waals surface area contributed by atoms with Gasteiger partial charge in [0, 0.05) is 29.4 Å². The zero-order valence-electron chi connectivity index (χ0n) is 19.6. The highest BCUT2D eigenvalue weighted by molar-refractivity contribution is 6.31. The number of carboxylic acid groups (broad SMARTS) is 1. The Kier molecular flexibility index (Phi) is 10.5. The second-order valence-electron chi connectivity index (χ2n) is 7.24. The zero-order valence-corrected chi connectivity index (χ0v) is 20.3. The van der Waals surface area contributed by atoms with Gasteiger partial charge in [-0.3, -0.25) is 4.79 Å². The number of methoxy groups -OCH3 is 1. The van der Waals surface area contributed by atoms with Crippen LogP contribution in [0.15, 0.2) is 59.0 Å². The summed E-state index contributed by atoms with van der Waals surface area (Å²) in [7, 11) is 1.25. The maximum Gasteiger partial charge on any atom is 0.336 e. The number of carbonyl (C=O) groups excluding carboxylic acids is 3. The number of dihydropyridines is 1. The van der Waals surface area contributed by atoms with E-state index >= 15 is 0 Å². The Labute approximate surface area is 207 Å². The zero-order chi connectivity index (χ0) is 26.0. The molecule has 2 rings (SSSR count). The molecule has 1 aliphatic rings. The molecule has 10 nitrogen and oxygen atoms in total. The van der Waals surface area contributed by atoms with E-state index in [1.54, 1.807) is 38.1 Å². The molecule has 0 aromatic heterocycles. The molecule has 1 aromatic carbocycles. The van der Waals surface area contributed by atoms with Gasteiger partial charge in [-0.2, -0.15) is 0 Å². The highest BCUT2D eigenvalue weighted by Gasteiger charge is 2.39. The van der Waals surface area contributed by atoms with Crippen molar-refractivity contribution < 1.29 is 38.5 Å². The van der Waals surface area contributed by atoms with Crippen LogP contribution >= 0.6 is 11.6 Å². The van der Waals surface area contributed by atoms with E-state index in [-0.39, 0.29) is 37.5 Å². The molecule has 1 aromatic rings. The van der Waals surface area contributed by atoms with Gasteiger partial charge in [0.1, 0.15) is 0 Å². The third kappa shape index (κ3) is 7.43. The highest BCUT2D eigenvalue weighted by atomic mass is 35.5. The highest BCUT2D eigenvalue weighted by Crippen LogP contribution is 2.41. The smallest absolute Gasteiger partial charge is 0.336 e. The minimum atomic E-state index is -1.24. The summed E-state index contributed by atoms with van der Waals surface area (Å²) in [6.07, 6.45) is 1.62. The molecule has 0 spiro atoms. The van der Waals surface area contributed by atoms with Crippen molar-refractivity contribution in [2.75, 3.05) is 33.5 Å². The first-order chi connectivity index (χ1) is 16.7. The van der Waals surface area contributed by atoms with Crippen molar-refractivity contribution in [1.82, 2.24) is 10.6 Å². The first-order valence-electron chi connectivity index (χ1n) is 10.7. The second-order valence-corrected chi connectivity index (χ2v) is 7.64.